The van der Waals surface area contributed by atoms with Gasteiger partial charge in [-0.3, -0.25) is 4.79 Å². The number of nitrogens with zero attached hydrogens (tertiary/aromatic N) is 2. The van der Waals surface area contributed by atoms with Crippen LogP contribution in [0, 0.1) is 11.6 Å². The molecule has 0 radical (unpaired) electrons. The van der Waals surface area contributed by atoms with E-state index in [-0.39, 0.29) is 24.7 Å². The van der Waals surface area contributed by atoms with Crippen molar-refractivity contribution < 1.29 is 23.1 Å². The molecule has 2 aromatic carbocycles. The van der Waals surface area contributed by atoms with E-state index < -0.39 is 17.8 Å². The van der Waals surface area contributed by atoms with Crippen molar-refractivity contribution in [2.45, 2.75) is 32.4 Å². The highest BCUT2D eigenvalue weighted by molar-refractivity contribution is 8.16. The number of amides is 1. The number of nitrogens with one attached hydrogen (secondary N) is 1. The monoisotopic (exact) mass is 483 g/mol. The fraction of sp³-hybridized carbons (Fsp3) is 0.240. The van der Waals surface area contributed by atoms with Gasteiger partial charge in [-0.15, -0.1) is 0 Å². The first-order valence-electron chi connectivity index (χ1n) is 10.7. The van der Waals surface area contributed by atoms with E-state index in [1.54, 1.807) is 34.6 Å². The van der Waals surface area contributed by atoms with Gasteiger partial charge in [0.05, 0.1) is 30.8 Å². The summed E-state index contributed by atoms with van der Waals surface area (Å²) in [6, 6.07) is 11.3. The zero-order chi connectivity index (χ0) is 24.2. The summed E-state index contributed by atoms with van der Waals surface area (Å²) in [5.41, 5.74) is 2.68. The van der Waals surface area contributed by atoms with Crippen molar-refractivity contribution in [2.75, 3.05) is 7.11 Å². The number of thioether (sulfide) groups is 1. The van der Waals surface area contributed by atoms with Crippen molar-refractivity contribution in [3.8, 4) is 0 Å². The van der Waals surface area contributed by atoms with Crippen molar-refractivity contribution in [1.29, 1.82) is 0 Å². The van der Waals surface area contributed by atoms with Crippen molar-refractivity contribution >= 4 is 28.8 Å². The molecule has 4 rings (SSSR count). The molecule has 1 atom stereocenters. The Labute approximate surface area is 200 Å². The Kier molecular flexibility index (Phi) is 7.12. The zero-order valence-corrected chi connectivity index (χ0v) is 19.5. The molecule has 2 aliphatic rings. The van der Waals surface area contributed by atoms with Crippen LogP contribution in [0.5, 0.6) is 0 Å². The Morgan fingerprint density at radius 2 is 1.88 bits per heavy atom. The first kappa shape index (κ1) is 23.7. The molecule has 6 nitrogen and oxygen atoms in total. The first-order valence-corrected chi connectivity index (χ1v) is 11.6. The SMILES string of the molecule is CCC1=C(C(=O)OC)[C@H](c2cccc(F)c2)N2C(CC(=O)NCc3cccc(F)c3)=CSC2=N1. The second kappa shape index (κ2) is 10.2. The molecule has 34 heavy (non-hydrogen) atoms. The highest BCUT2D eigenvalue weighted by Gasteiger charge is 2.41. The molecule has 2 aromatic rings. The number of aliphatic imine (C=N–C) groups is 1. The summed E-state index contributed by atoms with van der Waals surface area (Å²) in [6.45, 7) is 2.06. The summed E-state index contributed by atoms with van der Waals surface area (Å²) < 4.78 is 32.6. The summed E-state index contributed by atoms with van der Waals surface area (Å²) in [7, 11) is 1.29. The first-order chi connectivity index (χ1) is 16.4. The Balaban J connectivity index is 1.62. The van der Waals surface area contributed by atoms with Crippen LogP contribution < -0.4 is 5.32 Å². The van der Waals surface area contributed by atoms with Crippen LogP contribution >= 0.6 is 11.8 Å². The van der Waals surface area contributed by atoms with Gasteiger partial charge in [0.2, 0.25) is 5.91 Å². The molecular formula is C25H23F2N3O3S. The number of amidine groups is 1. The van der Waals surface area contributed by atoms with Gasteiger partial charge in [0.25, 0.3) is 0 Å². The number of carbonyl (C=O) groups is 2. The molecule has 0 aromatic heterocycles. The number of fused-ring (bicyclic) bond motifs is 1. The Bertz CT molecular complexity index is 1230. The van der Waals surface area contributed by atoms with E-state index in [1.165, 1.54) is 43.1 Å². The third kappa shape index (κ3) is 4.89. The average Bonchev–Trinajstić information content (AvgIpc) is 3.23. The lowest BCUT2D eigenvalue weighted by molar-refractivity contribution is -0.136. The van der Waals surface area contributed by atoms with Gasteiger partial charge in [-0.05, 0) is 47.2 Å². The lowest BCUT2D eigenvalue weighted by Crippen LogP contribution is -2.38. The fourth-order valence-corrected chi connectivity index (χ4v) is 4.92. The Morgan fingerprint density at radius 3 is 2.56 bits per heavy atom. The number of ether oxygens (including phenoxy) is 1. The van der Waals surface area contributed by atoms with Crippen LogP contribution in [0.4, 0.5) is 8.78 Å². The number of halogens is 2. The molecule has 9 heteroatoms. The van der Waals surface area contributed by atoms with Crippen molar-refractivity contribution in [3.05, 3.63) is 93.7 Å². The fourth-order valence-electron chi connectivity index (χ4n) is 3.98. The minimum atomic E-state index is -0.692. The number of benzene rings is 2. The summed E-state index contributed by atoms with van der Waals surface area (Å²) in [4.78, 5) is 32.0. The van der Waals surface area contributed by atoms with E-state index in [9.17, 15) is 18.4 Å². The third-order valence-electron chi connectivity index (χ3n) is 5.51. The predicted octanol–water partition coefficient (Wildman–Crippen LogP) is 4.81. The Morgan fingerprint density at radius 1 is 1.15 bits per heavy atom. The molecule has 2 aliphatic heterocycles. The van der Waals surface area contributed by atoms with Crippen molar-refractivity contribution in [1.82, 2.24) is 10.2 Å². The van der Waals surface area contributed by atoms with E-state index in [2.05, 4.69) is 10.3 Å². The summed E-state index contributed by atoms with van der Waals surface area (Å²) in [6.07, 6.45) is 0.487. The minimum absolute atomic E-state index is 0.00304. The number of hydrogen-bond donors (Lipinski definition) is 1. The molecule has 0 spiro atoms. The maximum atomic E-state index is 14.2. The van der Waals surface area contributed by atoms with Crippen LogP contribution in [0.2, 0.25) is 0 Å². The van der Waals surface area contributed by atoms with Gasteiger partial charge < -0.3 is 15.0 Å². The van der Waals surface area contributed by atoms with Crippen LogP contribution in [-0.2, 0) is 20.9 Å². The molecule has 0 saturated heterocycles. The van der Waals surface area contributed by atoms with Gasteiger partial charge in [-0.1, -0.05) is 43.0 Å². The number of methoxy groups -OCH3 is 1. The van der Waals surface area contributed by atoms with Crippen LogP contribution in [0.3, 0.4) is 0 Å². The van der Waals surface area contributed by atoms with Crippen molar-refractivity contribution in [2.24, 2.45) is 4.99 Å². The second-order valence-electron chi connectivity index (χ2n) is 7.74. The molecule has 2 heterocycles. The van der Waals surface area contributed by atoms with Gasteiger partial charge in [-0.25, -0.2) is 18.6 Å². The number of esters is 1. The summed E-state index contributed by atoms with van der Waals surface area (Å²) in [5.74, 6) is -1.64. The molecule has 176 valence electrons. The van der Waals surface area contributed by atoms with Crippen molar-refractivity contribution in [3.63, 3.8) is 0 Å². The Hall–Kier alpha value is -3.46. The lowest BCUT2D eigenvalue weighted by atomic mass is 9.93. The number of carbonyl (C=O) groups excluding carboxylic acids is 2. The molecular weight excluding hydrogens is 460 g/mol. The highest BCUT2D eigenvalue weighted by Crippen LogP contribution is 2.45. The van der Waals surface area contributed by atoms with E-state index in [0.29, 0.717) is 39.7 Å². The minimum Gasteiger partial charge on any atom is -0.466 e. The molecule has 0 unspecified atom stereocenters. The second-order valence-corrected chi connectivity index (χ2v) is 8.57. The standard InChI is InChI=1S/C25H23F2N3O3S/c1-3-20-22(24(32)33-2)23(16-7-5-9-18(27)11-16)30-19(14-34-25(30)29-20)12-21(31)28-13-15-6-4-8-17(26)10-15/h4-11,14,23H,3,12-13H2,1-2H3,(H,28,31)/t23-/m0/s1. The molecule has 0 saturated carbocycles. The predicted molar refractivity (Wildman–Crippen MR) is 126 cm³/mol. The van der Waals surface area contributed by atoms with Gasteiger partial charge >= 0.3 is 5.97 Å². The number of allylic oxidation sites excluding steroid dienone is 1. The zero-order valence-electron chi connectivity index (χ0n) is 18.7. The maximum Gasteiger partial charge on any atom is 0.338 e. The molecule has 0 aliphatic carbocycles. The smallest absolute Gasteiger partial charge is 0.338 e. The highest BCUT2D eigenvalue weighted by atomic mass is 32.2. The molecule has 0 bridgehead atoms. The quantitative estimate of drug-likeness (QED) is 0.573. The maximum absolute atomic E-state index is 14.2. The van der Waals surface area contributed by atoms with E-state index >= 15 is 0 Å². The third-order valence-corrected chi connectivity index (χ3v) is 6.40. The lowest BCUT2D eigenvalue weighted by Gasteiger charge is -2.36. The largest absolute Gasteiger partial charge is 0.466 e. The summed E-state index contributed by atoms with van der Waals surface area (Å²) in [5, 5.41) is 5.20. The van der Waals surface area contributed by atoms with Gasteiger partial charge in [0.15, 0.2) is 5.17 Å². The topological polar surface area (TPSA) is 71.0 Å². The average molecular weight is 484 g/mol. The van der Waals surface area contributed by atoms with Crippen LogP contribution in [0.1, 0.15) is 36.9 Å². The van der Waals surface area contributed by atoms with Crippen LogP contribution in [0.25, 0.3) is 0 Å². The molecule has 1 amide bonds. The van der Waals surface area contributed by atoms with Gasteiger partial charge in [0.1, 0.15) is 11.6 Å². The van der Waals surface area contributed by atoms with Crippen LogP contribution in [0.15, 0.2) is 75.9 Å². The van der Waals surface area contributed by atoms with E-state index in [0.717, 1.165) is 0 Å². The van der Waals surface area contributed by atoms with E-state index in [4.69, 9.17) is 4.74 Å². The van der Waals surface area contributed by atoms with Gasteiger partial charge in [-0.2, -0.15) is 0 Å². The molecule has 1 N–H and O–H groups in total. The van der Waals surface area contributed by atoms with E-state index in [1.807, 2.05) is 6.92 Å². The molecule has 0 fully saturated rings. The number of rotatable bonds is 7. The summed E-state index contributed by atoms with van der Waals surface area (Å²) >= 11 is 1.34. The van der Waals surface area contributed by atoms with Gasteiger partial charge in [0, 0.05) is 12.2 Å². The van der Waals surface area contributed by atoms with Crippen LogP contribution in [-0.4, -0.2) is 29.1 Å². The normalized spacial score (nSPS) is 17.2. The number of hydrogen-bond acceptors (Lipinski definition) is 6.